The minimum Gasteiger partial charge on any atom is -0.392 e. The molecule has 0 atom stereocenters. The summed E-state index contributed by atoms with van der Waals surface area (Å²) in [5.74, 6) is 0.880. The van der Waals surface area contributed by atoms with Crippen LogP contribution in [0.2, 0.25) is 0 Å². The van der Waals surface area contributed by atoms with Crippen molar-refractivity contribution in [2.45, 2.75) is 19.6 Å². The zero-order valence-electron chi connectivity index (χ0n) is 8.14. The molecule has 0 radical (unpaired) electrons. The summed E-state index contributed by atoms with van der Waals surface area (Å²) < 4.78 is 0. The molecule has 1 fully saturated rings. The number of aliphatic hydroxyl groups excluding tert-OH is 2. The Hall–Kier alpha value is -1.13. The van der Waals surface area contributed by atoms with E-state index < -0.39 is 0 Å². The summed E-state index contributed by atoms with van der Waals surface area (Å²) in [5.41, 5.74) is 1.71. The molecule has 1 aromatic heterocycles. The third-order valence-corrected chi connectivity index (χ3v) is 2.54. The molecule has 1 saturated heterocycles. The van der Waals surface area contributed by atoms with Crippen LogP contribution in [-0.4, -0.2) is 34.4 Å². The zero-order valence-corrected chi connectivity index (χ0v) is 8.14. The van der Waals surface area contributed by atoms with E-state index in [0.29, 0.717) is 13.1 Å². The average molecular weight is 194 g/mol. The van der Waals surface area contributed by atoms with Crippen LogP contribution in [-0.2, 0) is 6.61 Å². The molecule has 1 aliphatic rings. The highest BCUT2D eigenvalue weighted by molar-refractivity contribution is 5.44. The number of pyridine rings is 1. The first-order chi connectivity index (χ1) is 6.70. The van der Waals surface area contributed by atoms with Crippen molar-refractivity contribution in [3.05, 3.63) is 23.4 Å². The van der Waals surface area contributed by atoms with Crippen LogP contribution in [0, 0.1) is 6.92 Å². The van der Waals surface area contributed by atoms with Crippen LogP contribution >= 0.6 is 0 Å². The summed E-state index contributed by atoms with van der Waals surface area (Å²) in [6, 6.07) is 3.76. The molecule has 1 aliphatic heterocycles. The van der Waals surface area contributed by atoms with Gasteiger partial charge < -0.3 is 15.1 Å². The third-order valence-electron chi connectivity index (χ3n) is 2.54. The quantitative estimate of drug-likeness (QED) is 0.699. The van der Waals surface area contributed by atoms with E-state index in [1.165, 1.54) is 0 Å². The minimum absolute atomic E-state index is 0.0295. The first-order valence-electron chi connectivity index (χ1n) is 4.71. The standard InChI is InChI=1S/C10H14N2O2/c1-7-8(6-13)2-3-10(11-7)12-4-9(14)5-12/h2-3,9,13-14H,4-6H2,1H3. The van der Waals surface area contributed by atoms with E-state index in [0.717, 1.165) is 17.1 Å². The highest BCUT2D eigenvalue weighted by atomic mass is 16.3. The molecule has 2 rings (SSSR count). The molecular weight excluding hydrogens is 180 g/mol. The molecule has 4 heteroatoms. The number of hydrogen-bond acceptors (Lipinski definition) is 4. The van der Waals surface area contributed by atoms with Crippen molar-refractivity contribution < 1.29 is 10.2 Å². The van der Waals surface area contributed by atoms with Gasteiger partial charge >= 0.3 is 0 Å². The van der Waals surface area contributed by atoms with Crippen LogP contribution in [0.15, 0.2) is 12.1 Å². The third kappa shape index (κ3) is 1.58. The molecule has 0 bridgehead atoms. The van der Waals surface area contributed by atoms with Gasteiger partial charge in [-0.3, -0.25) is 0 Å². The number of hydrogen-bond donors (Lipinski definition) is 2. The maximum absolute atomic E-state index is 9.14. The Labute approximate surface area is 82.8 Å². The van der Waals surface area contributed by atoms with E-state index in [9.17, 15) is 0 Å². The van der Waals surface area contributed by atoms with Crippen molar-refractivity contribution in [1.29, 1.82) is 0 Å². The Morgan fingerprint density at radius 2 is 2.21 bits per heavy atom. The van der Waals surface area contributed by atoms with Crippen LogP contribution in [0.25, 0.3) is 0 Å². The van der Waals surface area contributed by atoms with Crippen LogP contribution < -0.4 is 4.90 Å². The van der Waals surface area contributed by atoms with Crippen molar-refractivity contribution in [2.75, 3.05) is 18.0 Å². The van der Waals surface area contributed by atoms with Crippen LogP contribution in [0.1, 0.15) is 11.3 Å². The van der Waals surface area contributed by atoms with E-state index in [4.69, 9.17) is 10.2 Å². The molecule has 0 amide bonds. The van der Waals surface area contributed by atoms with Gasteiger partial charge in [-0.25, -0.2) is 4.98 Å². The Kier molecular flexibility index (Phi) is 2.39. The van der Waals surface area contributed by atoms with E-state index >= 15 is 0 Å². The van der Waals surface area contributed by atoms with E-state index in [1.54, 1.807) is 0 Å². The highest BCUT2D eigenvalue weighted by Gasteiger charge is 2.25. The second-order valence-electron chi connectivity index (χ2n) is 3.63. The van der Waals surface area contributed by atoms with Crippen molar-refractivity contribution >= 4 is 5.82 Å². The van der Waals surface area contributed by atoms with E-state index in [2.05, 4.69) is 4.98 Å². The number of aliphatic hydroxyl groups is 2. The van der Waals surface area contributed by atoms with Gasteiger partial charge in [0, 0.05) is 18.8 Å². The van der Waals surface area contributed by atoms with Gasteiger partial charge in [0.2, 0.25) is 0 Å². The van der Waals surface area contributed by atoms with E-state index in [-0.39, 0.29) is 12.7 Å². The molecule has 0 unspecified atom stereocenters. The number of rotatable bonds is 2. The van der Waals surface area contributed by atoms with Crippen LogP contribution in [0.3, 0.4) is 0 Å². The van der Waals surface area contributed by atoms with Gasteiger partial charge in [-0.05, 0) is 18.6 Å². The molecule has 4 nitrogen and oxygen atoms in total. The zero-order chi connectivity index (χ0) is 10.1. The van der Waals surface area contributed by atoms with Gasteiger partial charge in [0.1, 0.15) is 5.82 Å². The monoisotopic (exact) mass is 194 g/mol. The number of nitrogens with zero attached hydrogens (tertiary/aromatic N) is 2. The fourth-order valence-corrected chi connectivity index (χ4v) is 1.56. The summed E-state index contributed by atoms with van der Waals surface area (Å²) in [4.78, 5) is 6.37. The van der Waals surface area contributed by atoms with E-state index in [1.807, 2.05) is 24.0 Å². The van der Waals surface area contributed by atoms with Crippen molar-refractivity contribution in [3.8, 4) is 0 Å². The predicted octanol–water partition coefficient (Wildman–Crippen LogP) is 0.0632. The van der Waals surface area contributed by atoms with Gasteiger partial charge in [0.15, 0.2) is 0 Å². The molecular formula is C10H14N2O2. The van der Waals surface area contributed by atoms with Gasteiger partial charge in [-0.2, -0.15) is 0 Å². The summed E-state index contributed by atoms with van der Waals surface area (Å²) in [6.45, 7) is 3.23. The van der Waals surface area contributed by atoms with Crippen molar-refractivity contribution in [3.63, 3.8) is 0 Å². The highest BCUT2D eigenvalue weighted by Crippen LogP contribution is 2.20. The molecule has 14 heavy (non-hydrogen) atoms. The molecule has 0 saturated carbocycles. The second kappa shape index (κ2) is 3.55. The molecule has 1 aromatic rings. The number of β-amino-alcohol motifs (C(OH)–C–C–N with tert-alkyl or cyclic N) is 1. The number of aromatic nitrogens is 1. The molecule has 0 aromatic carbocycles. The van der Waals surface area contributed by atoms with Crippen LogP contribution in [0.4, 0.5) is 5.82 Å². The Bertz CT molecular complexity index is 335. The smallest absolute Gasteiger partial charge is 0.128 e. The molecule has 76 valence electrons. The maximum atomic E-state index is 9.14. The lowest BCUT2D eigenvalue weighted by Crippen LogP contribution is -2.51. The fourth-order valence-electron chi connectivity index (χ4n) is 1.56. The van der Waals surface area contributed by atoms with Crippen LogP contribution in [0.5, 0.6) is 0 Å². The molecule has 2 N–H and O–H groups in total. The fraction of sp³-hybridized carbons (Fsp3) is 0.500. The average Bonchev–Trinajstić information content (AvgIpc) is 2.13. The largest absolute Gasteiger partial charge is 0.392 e. The lowest BCUT2D eigenvalue weighted by atomic mass is 10.1. The van der Waals surface area contributed by atoms with Crippen molar-refractivity contribution in [2.24, 2.45) is 0 Å². The summed E-state index contributed by atoms with van der Waals surface area (Å²) in [5, 5.41) is 18.1. The summed E-state index contributed by atoms with van der Waals surface area (Å²) in [6.07, 6.45) is -0.213. The Balaban J connectivity index is 2.16. The lowest BCUT2D eigenvalue weighted by Gasteiger charge is -2.37. The molecule has 2 heterocycles. The lowest BCUT2D eigenvalue weighted by molar-refractivity contribution is 0.141. The Morgan fingerprint density at radius 3 is 2.71 bits per heavy atom. The minimum atomic E-state index is -0.213. The summed E-state index contributed by atoms with van der Waals surface area (Å²) in [7, 11) is 0. The van der Waals surface area contributed by atoms with Gasteiger partial charge in [0.05, 0.1) is 12.7 Å². The topological polar surface area (TPSA) is 56.6 Å². The molecule has 0 aliphatic carbocycles. The van der Waals surface area contributed by atoms with Gasteiger partial charge in [-0.15, -0.1) is 0 Å². The normalized spacial score (nSPS) is 16.9. The number of anilines is 1. The van der Waals surface area contributed by atoms with Gasteiger partial charge in [-0.1, -0.05) is 6.07 Å². The first-order valence-corrected chi connectivity index (χ1v) is 4.71. The first kappa shape index (κ1) is 9.43. The van der Waals surface area contributed by atoms with Crippen molar-refractivity contribution in [1.82, 2.24) is 4.98 Å². The predicted molar refractivity (Wildman–Crippen MR) is 53.1 cm³/mol. The number of aryl methyl sites for hydroxylation is 1. The maximum Gasteiger partial charge on any atom is 0.128 e. The Morgan fingerprint density at radius 1 is 1.50 bits per heavy atom. The second-order valence-corrected chi connectivity index (χ2v) is 3.63. The van der Waals surface area contributed by atoms with Gasteiger partial charge in [0.25, 0.3) is 0 Å². The SMILES string of the molecule is Cc1nc(N2CC(O)C2)ccc1CO. The summed E-state index contributed by atoms with van der Waals surface area (Å²) >= 11 is 0. The molecule has 0 spiro atoms.